The maximum atomic E-state index is 12.6. The van der Waals surface area contributed by atoms with Crippen LogP contribution in [0.15, 0.2) is 18.2 Å². The summed E-state index contributed by atoms with van der Waals surface area (Å²) in [6.45, 7) is 8.35. The number of likely N-dealkylation sites (tertiary alicyclic amines) is 1. The molecule has 1 aromatic carbocycles. The summed E-state index contributed by atoms with van der Waals surface area (Å²) < 4.78 is 0. The fourth-order valence-electron chi connectivity index (χ4n) is 2.78. The molecular formula is C17H25NO. The number of benzene rings is 1. The fourth-order valence-corrected chi connectivity index (χ4v) is 2.78. The van der Waals surface area contributed by atoms with Crippen molar-refractivity contribution < 1.29 is 4.79 Å². The van der Waals surface area contributed by atoms with Crippen molar-refractivity contribution in [1.82, 2.24) is 4.90 Å². The molecule has 1 heterocycles. The zero-order chi connectivity index (χ0) is 13.8. The Bertz CT molecular complexity index is 445. The van der Waals surface area contributed by atoms with Gasteiger partial charge >= 0.3 is 0 Å². The van der Waals surface area contributed by atoms with Gasteiger partial charge in [0.25, 0.3) is 0 Å². The molecule has 0 N–H and O–H groups in total. The van der Waals surface area contributed by atoms with E-state index in [1.54, 1.807) is 0 Å². The topological polar surface area (TPSA) is 20.3 Å². The minimum atomic E-state index is 0.0141. The van der Waals surface area contributed by atoms with Crippen LogP contribution in [0.2, 0.25) is 0 Å². The normalized spacial score (nSPS) is 18.9. The van der Waals surface area contributed by atoms with Crippen LogP contribution in [-0.2, 0) is 0 Å². The van der Waals surface area contributed by atoms with E-state index in [0.29, 0.717) is 0 Å². The molecule has 0 aromatic heterocycles. The number of aryl methyl sites for hydroxylation is 2. The van der Waals surface area contributed by atoms with E-state index in [1.165, 1.54) is 36.8 Å². The van der Waals surface area contributed by atoms with E-state index in [1.807, 2.05) is 12.1 Å². The smallest absolute Gasteiger partial charge is 0.179 e. The third-order valence-electron chi connectivity index (χ3n) is 4.36. The average Bonchev–Trinajstić information content (AvgIpc) is 2.69. The Morgan fingerprint density at radius 1 is 1.05 bits per heavy atom. The first-order chi connectivity index (χ1) is 9.09. The maximum absolute atomic E-state index is 12.6. The molecule has 104 valence electrons. The lowest BCUT2D eigenvalue weighted by molar-refractivity contribution is 0.0842. The Morgan fingerprint density at radius 2 is 1.68 bits per heavy atom. The molecule has 1 fully saturated rings. The molecule has 0 bridgehead atoms. The molecule has 0 spiro atoms. The van der Waals surface area contributed by atoms with Crippen LogP contribution in [0, 0.1) is 13.8 Å². The second kappa shape index (κ2) is 6.33. The van der Waals surface area contributed by atoms with Gasteiger partial charge in [-0.15, -0.1) is 0 Å². The van der Waals surface area contributed by atoms with Crippen molar-refractivity contribution in [3.05, 3.63) is 34.9 Å². The van der Waals surface area contributed by atoms with E-state index < -0.39 is 0 Å². The van der Waals surface area contributed by atoms with Crippen molar-refractivity contribution in [1.29, 1.82) is 0 Å². The first-order valence-corrected chi connectivity index (χ1v) is 7.45. The van der Waals surface area contributed by atoms with E-state index in [-0.39, 0.29) is 11.8 Å². The monoisotopic (exact) mass is 259 g/mol. The minimum Gasteiger partial charge on any atom is -0.294 e. The van der Waals surface area contributed by atoms with Crippen LogP contribution in [-0.4, -0.2) is 29.8 Å². The highest BCUT2D eigenvalue weighted by molar-refractivity contribution is 6.00. The van der Waals surface area contributed by atoms with Crippen molar-refractivity contribution in [3.63, 3.8) is 0 Å². The van der Waals surface area contributed by atoms with Crippen LogP contribution in [0.1, 0.15) is 54.1 Å². The van der Waals surface area contributed by atoms with Gasteiger partial charge in [0.2, 0.25) is 0 Å². The predicted molar refractivity (Wildman–Crippen MR) is 79.7 cm³/mol. The molecule has 2 heteroatoms. The van der Waals surface area contributed by atoms with Gasteiger partial charge in [-0.1, -0.05) is 25.0 Å². The number of rotatable bonds is 3. The number of nitrogens with zero attached hydrogens (tertiary/aromatic N) is 1. The van der Waals surface area contributed by atoms with Crippen molar-refractivity contribution >= 4 is 5.78 Å². The Kier molecular flexibility index (Phi) is 4.76. The molecule has 1 aromatic rings. The molecule has 1 aliphatic heterocycles. The van der Waals surface area contributed by atoms with Gasteiger partial charge in [0, 0.05) is 5.56 Å². The van der Waals surface area contributed by atoms with Gasteiger partial charge in [0.1, 0.15) is 0 Å². The SMILES string of the molecule is Cc1ccc(C(=O)C(C)N2CCCCCC2)cc1C. The first kappa shape index (κ1) is 14.3. The quantitative estimate of drug-likeness (QED) is 0.771. The van der Waals surface area contributed by atoms with Crippen molar-refractivity contribution in [2.24, 2.45) is 0 Å². The number of carbonyl (C=O) groups excluding carboxylic acids is 1. The highest BCUT2D eigenvalue weighted by Crippen LogP contribution is 2.17. The van der Waals surface area contributed by atoms with Gasteiger partial charge in [0.15, 0.2) is 5.78 Å². The van der Waals surface area contributed by atoms with Crippen LogP contribution in [0.3, 0.4) is 0 Å². The first-order valence-electron chi connectivity index (χ1n) is 7.45. The van der Waals surface area contributed by atoms with Crippen LogP contribution in [0.25, 0.3) is 0 Å². The van der Waals surface area contributed by atoms with Crippen molar-refractivity contribution in [2.75, 3.05) is 13.1 Å². The van der Waals surface area contributed by atoms with E-state index >= 15 is 0 Å². The Balaban J connectivity index is 2.10. The highest BCUT2D eigenvalue weighted by Gasteiger charge is 2.23. The number of carbonyl (C=O) groups is 1. The average molecular weight is 259 g/mol. The van der Waals surface area contributed by atoms with E-state index in [9.17, 15) is 4.79 Å². The molecule has 0 amide bonds. The lowest BCUT2D eigenvalue weighted by Crippen LogP contribution is -2.39. The fraction of sp³-hybridized carbons (Fsp3) is 0.588. The number of hydrogen-bond donors (Lipinski definition) is 0. The Morgan fingerprint density at radius 3 is 2.26 bits per heavy atom. The van der Waals surface area contributed by atoms with Gasteiger partial charge in [0.05, 0.1) is 6.04 Å². The summed E-state index contributed by atoms with van der Waals surface area (Å²) in [5, 5.41) is 0. The van der Waals surface area contributed by atoms with Crippen molar-refractivity contribution in [3.8, 4) is 0 Å². The predicted octanol–water partition coefficient (Wildman–Crippen LogP) is 3.75. The number of hydrogen-bond acceptors (Lipinski definition) is 2. The van der Waals surface area contributed by atoms with Gasteiger partial charge in [-0.3, -0.25) is 9.69 Å². The maximum Gasteiger partial charge on any atom is 0.179 e. The van der Waals surface area contributed by atoms with Gasteiger partial charge in [-0.25, -0.2) is 0 Å². The molecule has 1 unspecified atom stereocenters. The Hall–Kier alpha value is -1.15. The van der Waals surface area contributed by atoms with Crippen LogP contribution >= 0.6 is 0 Å². The largest absolute Gasteiger partial charge is 0.294 e. The summed E-state index contributed by atoms with van der Waals surface area (Å²) in [7, 11) is 0. The summed E-state index contributed by atoms with van der Waals surface area (Å²) in [4.78, 5) is 14.9. The standard InChI is InChI=1S/C17H25NO/c1-13-8-9-16(12-14(13)2)17(19)15(3)18-10-6-4-5-7-11-18/h8-9,12,15H,4-7,10-11H2,1-3H3. The third kappa shape index (κ3) is 3.44. The lowest BCUT2D eigenvalue weighted by Gasteiger charge is -2.26. The molecular weight excluding hydrogens is 234 g/mol. The van der Waals surface area contributed by atoms with Gasteiger partial charge < -0.3 is 0 Å². The highest BCUT2D eigenvalue weighted by atomic mass is 16.1. The summed E-state index contributed by atoms with van der Waals surface area (Å²) in [5.41, 5.74) is 3.31. The van der Waals surface area contributed by atoms with Gasteiger partial charge in [-0.2, -0.15) is 0 Å². The molecule has 1 saturated heterocycles. The minimum absolute atomic E-state index is 0.0141. The molecule has 1 aliphatic rings. The van der Waals surface area contributed by atoms with Crippen molar-refractivity contribution in [2.45, 2.75) is 52.5 Å². The summed E-state index contributed by atoms with van der Waals surface area (Å²) >= 11 is 0. The molecule has 1 atom stereocenters. The molecule has 0 aliphatic carbocycles. The molecule has 19 heavy (non-hydrogen) atoms. The van der Waals surface area contributed by atoms with Crippen LogP contribution < -0.4 is 0 Å². The summed E-state index contributed by atoms with van der Waals surface area (Å²) in [6, 6.07) is 6.07. The second-order valence-corrected chi connectivity index (χ2v) is 5.79. The summed E-state index contributed by atoms with van der Waals surface area (Å²) in [5.74, 6) is 0.269. The molecule has 0 saturated carbocycles. The van der Waals surface area contributed by atoms with Crippen LogP contribution in [0.4, 0.5) is 0 Å². The lowest BCUT2D eigenvalue weighted by atomic mass is 9.99. The molecule has 0 radical (unpaired) electrons. The second-order valence-electron chi connectivity index (χ2n) is 5.79. The molecule has 2 rings (SSSR count). The van der Waals surface area contributed by atoms with Crippen LogP contribution in [0.5, 0.6) is 0 Å². The summed E-state index contributed by atoms with van der Waals surface area (Å²) in [6.07, 6.45) is 5.07. The molecule has 2 nitrogen and oxygen atoms in total. The van der Waals surface area contributed by atoms with E-state index in [2.05, 4.69) is 31.7 Å². The van der Waals surface area contributed by atoms with E-state index in [4.69, 9.17) is 0 Å². The van der Waals surface area contributed by atoms with Gasteiger partial charge in [-0.05, 0) is 63.9 Å². The zero-order valence-corrected chi connectivity index (χ0v) is 12.4. The number of ketones is 1. The Labute approximate surface area is 116 Å². The zero-order valence-electron chi connectivity index (χ0n) is 12.4. The van der Waals surface area contributed by atoms with E-state index in [0.717, 1.165) is 18.7 Å². The third-order valence-corrected chi connectivity index (χ3v) is 4.36. The number of Topliss-reactive ketones (excluding diaryl/α,β-unsaturated/α-hetero) is 1.